The summed E-state index contributed by atoms with van der Waals surface area (Å²) in [6.45, 7) is 3.26. The van der Waals surface area contributed by atoms with Crippen molar-refractivity contribution in [2.24, 2.45) is 0 Å². The number of rotatable bonds is 5. The number of hydrogen-bond donors (Lipinski definition) is 2. The summed E-state index contributed by atoms with van der Waals surface area (Å²) in [5.74, 6) is -0.914. The number of carbonyl (C=O) groups is 1. The molecule has 4 rings (SSSR count). The predicted octanol–water partition coefficient (Wildman–Crippen LogP) is 4.20. The number of halogens is 1. The van der Waals surface area contributed by atoms with E-state index in [9.17, 15) is 17.6 Å². The third-order valence-electron chi connectivity index (χ3n) is 4.81. The normalized spacial score (nSPS) is 11.7. The Bertz CT molecular complexity index is 1380. The molecule has 0 unspecified atom stereocenters. The molecule has 7 nitrogen and oxygen atoms in total. The number of benzene rings is 2. The van der Waals surface area contributed by atoms with E-state index in [-0.39, 0.29) is 10.5 Å². The van der Waals surface area contributed by atoms with E-state index in [1.54, 1.807) is 38.2 Å². The fourth-order valence-corrected chi connectivity index (χ4v) is 4.12. The molecule has 2 aromatic heterocycles. The maximum atomic E-state index is 13.4. The molecule has 0 fully saturated rings. The van der Waals surface area contributed by atoms with Crippen LogP contribution in [0.25, 0.3) is 22.4 Å². The topological polar surface area (TPSA) is 105 Å². The van der Waals surface area contributed by atoms with Gasteiger partial charge in [0.15, 0.2) is 15.5 Å². The fraction of sp³-hybridized carbons (Fsp3) is 0.136. The molecule has 2 heterocycles. The Balaban J connectivity index is 1.66. The lowest BCUT2D eigenvalue weighted by molar-refractivity contribution is 0.102. The number of nitrogens with zero attached hydrogens (tertiary/aromatic N) is 2. The summed E-state index contributed by atoms with van der Waals surface area (Å²) in [5.41, 5.74) is 2.51. The highest BCUT2D eigenvalue weighted by Crippen LogP contribution is 2.24. The van der Waals surface area contributed by atoms with Gasteiger partial charge in [-0.3, -0.25) is 4.79 Å². The van der Waals surface area contributed by atoms with Crippen molar-refractivity contribution in [1.82, 2.24) is 15.0 Å². The van der Waals surface area contributed by atoms with Crippen LogP contribution in [0.3, 0.4) is 0 Å². The first-order valence-electron chi connectivity index (χ1n) is 9.51. The van der Waals surface area contributed by atoms with E-state index in [1.807, 2.05) is 0 Å². The maximum absolute atomic E-state index is 13.4. The van der Waals surface area contributed by atoms with Gasteiger partial charge in [-0.15, -0.1) is 0 Å². The third-order valence-corrected chi connectivity index (χ3v) is 6.98. The van der Waals surface area contributed by atoms with Gasteiger partial charge in [0.05, 0.1) is 27.6 Å². The van der Waals surface area contributed by atoms with Crippen molar-refractivity contribution in [2.45, 2.75) is 24.0 Å². The second-order valence-electron chi connectivity index (χ2n) is 7.24. The fourth-order valence-electron chi connectivity index (χ4n) is 3.06. The van der Waals surface area contributed by atoms with Crippen LogP contribution in [0.2, 0.25) is 0 Å². The Morgan fingerprint density at radius 3 is 2.55 bits per heavy atom. The lowest BCUT2D eigenvalue weighted by atomic mass is 10.1. The van der Waals surface area contributed by atoms with Crippen LogP contribution >= 0.6 is 0 Å². The molecule has 0 aliphatic carbocycles. The molecule has 0 bridgehead atoms. The highest BCUT2D eigenvalue weighted by atomic mass is 32.2. The molecular formula is C22H19FN4O3S. The van der Waals surface area contributed by atoms with Crippen LogP contribution in [-0.2, 0) is 9.84 Å². The van der Waals surface area contributed by atoms with Crippen molar-refractivity contribution in [2.75, 3.05) is 5.32 Å². The van der Waals surface area contributed by atoms with Gasteiger partial charge in [-0.1, -0.05) is 18.2 Å². The first-order chi connectivity index (χ1) is 14.8. The standard InChI is InChI=1S/C22H19FN4O3S/c1-13(2)31(29,30)17-8-6-14(7-9-17)19-12-25-21-20(27-19)18(11-24-21)22(28)26-16-5-3-4-15(23)10-16/h3-13H,1-2H3,(H,24,25)(H,26,28). The first-order valence-corrected chi connectivity index (χ1v) is 11.1. The molecule has 0 radical (unpaired) electrons. The molecule has 4 aromatic rings. The second kappa shape index (κ2) is 7.92. The Hall–Kier alpha value is -3.59. The molecule has 1 amide bonds. The van der Waals surface area contributed by atoms with E-state index in [2.05, 4.69) is 20.3 Å². The molecular weight excluding hydrogens is 419 g/mol. The summed E-state index contributed by atoms with van der Waals surface area (Å²) in [6.07, 6.45) is 3.03. The maximum Gasteiger partial charge on any atom is 0.259 e. The number of amides is 1. The molecule has 0 aliphatic rings. The average Bonchev–Trinajstić information content (AvgIpc) is 3.17. The van der Waals surface area contributed by atoms with Crippen LogP contribution < -0.4 is 5.32 Å². The van der Waals surface area contributed by atoms with Crippen molar-refractivity contribution in [3.8, 4) is 11.3 Å². The Labute approximate surface area is 178 Å². The smallest absolute Gasteiger partial charge is 0.259 e. The number of aromatic nitrogens is 3. The summed E-state index contributed by atoms with van der Waals surface area (Å²) in [7, 11) is -3.37. The number of fused-ring (bicyclic) bond motifs is 1. The Kier molecular flexibility index (Phi) is 5.28. The van der Waals surface area contributed by atoms with E-state index < -0.39 is 26.8 Å². The number of H-pyrrole nitrogens is 1. The summed E-state index contributed by atoms with van der Waals surface area (Å²) < 4.78 is 38.0. The molecule has 31 heavy (non-hydrogen) atoms. The highest BCUT2D eigenvalue weighted by Gasteiger charge is 2.19. The minimum absolute atomic E-state index is 0.233. The molecule has 0 saturated carbocycles. The second-order valence-corrected chi connectivity index (χ2v) is 9.74. The number of nitrogens with one attached hydrogen (secondary N) is 2. The highest BCUT2D eigenvalue weighted by molar-refractivity contribution is 7.92. The largest absolute Gasteiger partial charge is 0.344 e. The van der Waals surface area contributed by atoms with Crippen molar-refractivity contribution >= 4 is 32.6 Å². The number of hydrogen-bond acceptors (Lipinski definition) is 5. The van der Waals surface area contributed by atoms with Crippen LogP contribution in [0, 0.1) is 5.82 Å². The van der Waals surface area contributed by atoms with Crippen molar-refractivity contribution in [3.05, 3.63) is 72.3 Å². The van der Waals surface area contributed by atoms with Crippen molar-refractivity contribution < 1.29 is 17.6 Å². The Morgan fingerprint density at radius 2 is 1.87 bits per heavy atom. The van der Waals surface area contributed by atoms with Gasteiger partial charge in [0.2, 0.25) is 0 Å². The minimum atomic E-state index is -3.37. The van der Waals surface area contributed by atoms with E-state index in [1.165, 1.54) is 36.5 Å². The molecule has 158 valence electrons. The quantitative estimate of drug-likeness (QED) is 0.486. The van der Waals surface area contributed by atoms with Gasteiger partial charge in [-0.05, 0) is 44.2 Å². The summed E-state index contributed by atoms with van der Waals surface area (Å²) in [6, 6.07) is 12.0. The van der Waals surface area contributed by atoms with Crippen LogP contribution in [0.15, 0.2) is 65.8 Å². The van der Waals surface area contributed by atoms with Crippen molar-refractivity contribution in [1.29, 1.82) is 0 Å². The summed E-state index contributed by atoms with van der Waals surface area (Å²) in [4.78, 5) is 24.7. The minimum Gasteiger partial charge on any atom is -0.344 e. The van der Waals surface area contributed by atoms with Gasteiger partial charge in [-0.2, -0.15) is 0 Å². The van der Waals surface area contributed by atoms with Gasteiger partial charge in [0.25, 0.3) is 5.91 Å². The summed E-state index contributed by atoms with van der Waals surface area (Å²) in [5, 5.41) is 2.12. The SMILES string of the molecule is CC(C)S(=O)(=O)c1ccc(-c2cnc3[nH]cc(C(=O)Nc4cccc(F)c4)c3n2)cc1. The molecule has 0 saturated heterocycles. The third kappa shape index (κ3) is 4.04. The van der Waals surface area contributed by atoms with Gasteiger partial charge in [-0.25, -0.2) is 22.8 Å². The lowest BCUT2D eigenvalue weighted by Gasteiger charge is -2.08. The molecule has 0 spiro atoms. The number of sulfone groups is 1. The van der Waals surface area contributed by atoms with E-state index in [0.717, 1.165) is 0 Å². The van der Waals surface area contributed by atoms with Crippen LogP contribution in [-0.4, -0.2) is 34.5 Å². The number of aromatic amines is 1. The zero-order valence-corrected chi connectivity index (χ0v) is 17.6. The van der Waals surface area contributed by atoms with Crippen LogP contribution in [0.4, 0.5) is 10.1 Å². The molecule has 9 heteroatoms. The van der Waals surface area contributed by atoms with Gasteiger partial charge in [0.1, 0.15) is 11.3 Å². The first kappa shape index (κ1) is 20.7. The zero-order valence-electron chi connectivity index (χ0n) is 16.8. The monoisotopic (exact) mass is 438 g/mol. The van der Waals surface area contributed by atoms with E-state index in [0.29, 0.717) is 28.1 Å². The molecule has 0 atom stereocenters. The van der Waals surface area contributed by atoms with Gasteiger partial charge >= 0.3 is 0 Å². The number of carbonyl (C=O) groups excluding carboxylic acids is 1. The number of anilines is 1. The van der Waals surface area contributed by atoms with Gasteiger partial charge in [0, 0.05) is 17.4 Å². The van der Waals surface area contributed by atoms with E-state index >= 15 is 0 Å². The Morgan fingerprint density at radius 1 is 1.13 bits per heavy atom. The summed E-state index contributed by atoms with van der Waals surface area (Å²) >= 11 is 0. The van der Waals surface area contributed by atoms with Crippen LogP contribution in [0.5, 0.6) is 0 Å². The molecule has 2 aromatic carbocycles. The lowest BCUT2D eigenvalue weighted by Crippen LogP contribution is -2.13. The predicted molar refractivity (Wildman–Crippen MR) is 116 cm³/mol. The van der Waals surface area contributed by atoms with E-state index in [4.69, 9.17) is 0 Å². The molecule has 0 aliphatic heterocycles. The molecule has 2 N–H and O–H groups in total. The zero-order chi connectivity index (χ0) is 22.2. The van der Waals surface area contributed by atoms with Gasteiger partial charge < -0.3 is 10.3 Å². The van der Waals surface area contributed by atoms with Crippen molar-refractivity contribution in [3.63, 3.8) is 0 Å². The average molecular weight is 438 g/mol. The van der Waals surface area contributed by atoms with Crippen LogP contribution in [0.1, 0.15) is 24.2 Å².